The molecular formula is C28H25F3N6O3. The molecule has 0 spiro atoms. The zero-order valence-electron chi connectivity index (χ0n) is 21.3. The summed E-state index contributed by atoms with van der Waals surface area (Å²) in [7, 11) is 0. The molecule has 12 heteroatoms. The number of imide groups is 1. The number of halogens is 3. The lowest BCUT2D eigenvalue weighted by Crippen LogP contribution is -2.52. The van der Waals surface area contributed by atoms with Gasteiger partial charge in [-0.2, -0.15) is 0 Å². The Morgan fingerprint density at radius 1 is 1.00 bits per heavy atom. The minimum absolute atomic E-state index is 0.0586. The van der Waals surface area contributed by atoms with Gasteiger partial charge in [-0.15, -0.1) is 0 Å². The number of carbonyl (C=O) groups excluding carboxylic acids is 2. The second-order valence-corrected chi connectivity index (χ2v) is 10.5. The summed E-state index contributed by atoms with van der Waals surface area (Å²) in [6.07, 6.45) is 3.28. The molecule has 40 heavy (non-hydrogen) atoms. The van der Waals surface area contributed by atoms with Crippen molar-refractivity contribution in [3.8, 4) is 0 Å². The predicted octanol–water partition coefficient (Wildman–Crippen LogP) is 2.82. The number of carbonyl (C=O) groups is 2. The molecule has 0 aliphatic carbocycles. The van der Waals surface area contributed by atoms with E-state index >= 15 is 4.39 Å². The number of aliphatic hydroxyl groups excluding tert-OH is 1. The highest BCUT2D eigenvalue weighted by Gasteiger charge is 2.39. The molecule has 3 aliphatic heterocycles. The minimum atomic E-state index is -2.73. The van der Waals surface area contributed by atoms with Crippen LogP contribution in [0.4, 0.5) is 13.2 Å². The Kier molecular flexibility index (Phi) is 5.63. The van der Waals surface area contributed by atoms with E-state index in [1.165, 1.54) is 18.3 Å². The minimum Gasteiger partial charge on any atom is -0.365 e. The van der Waals surface area contributed by atoms with Gasteiger partial charge in [0.05, 0.1) is 28.6 Å². The number of aliphatic hydroxyl groups is 1. The Balaban J connectivity index is 1.31. The van der Waals surface area contributed by atoms with E-state index in [0.29, 0.717) is 46.5 Å². The number of hydrogen-bond acceptors (Lipinski definition) is 6. The second-order valence-electron chi connectivity index (χ2n) is 10.5. The molecule has 1 saturated heterocycles. The molecule has 3 aliphatic rings. The maximum atomic E-state index is 15.1. The van der Waals surface area contributed by atoms with Crippen molar-refractivity contribution in [2.24, 2.45) is 0 Å². The molecule has 0 bridgehead atoms. The number of fused-ring (bicyclic) bond motifs is 1. The molecule has 2 amide bonds. The third kappa shape index (κ3) is 3.94. The standard InChI is InChI=1S/C28H25F3N6O3/c29-17-11-16-14-36(27(40)34-7-4-28(30,31)5-8-34)10-9-35-15-19(18(12-17)24(16)35)22-23(26(39)33-25(22)38)20-13-32-21-3-1-2-6-37(20)21/h1-3,6,11-13,15,27,40H,4-5,7-10,14H2,(H,33,38,39). The topological polar surface area (TPSA) is 95.1 Å². The van der Waals surface area contributed by atoms with E-state index in [1.807, 2.05) is 10.6 Å². The van der Waals surface area contributed by atoms with Crippen molar-refractivity contribution in [2.75, 3.05) is 19.6 Å². The van der Waals surface area contributed by atoms with Crippen LogP contribution in [0.2, 0.25) is 0 Å². The van der Waals surface area contributed by atoms with Crippen molar-refractivity contribution in [3.63, 3.8) is 0 Å². The van der Waals surface area contributed by atoms with E-state index in [2.05, 4.69) is 10.3 Å². The van der Waals surface area contributed by atoms with Crippen LogP contribution in [0.5, 0.6) is 0 Å². The third-order valence-corrected chi connectivity index (χ3v) is 8.07. The van der Waals surface area contributed by atoms with E-state index in [9.17, 15) is 23.5 Å². The summed E-state index contributed by atoms with van der Waals surface area (Å²) in [6, 6.07) is 8.13. The van der Waals surface area contributed by atoms with Gasteiger partial charge in [0.1, 0.15) is 11.5 Å². The number of hydrogen-bond donors (Lipinski definition) is 2. The van der Waals surface area contributed by atoms with Crippen LogP contribution < -0.4 is 5.32 Å². The molecule has 1 unspecified atom stereocenters. The average molecular weight is 551 g/mol. The number of benzene rings is 1. The summed E-state index contributed by atoms with van der Waals surface area (Å²) in [6.45, 7) is 1.05. The first-order valence-corrected chi connectivity index (χ1v) is 13.1. The molecule has 1 fully saturated rings. The van der Waals surface area contributed by atoms with Gasteiger partial charge in [-0.3, -0.25) is 29.1 Å². The number of piperidine rings is 1. The first-order chi connectivity index (χ1) is 19.2. The van der Waals surface area contributed by atoms with Crippen molar-refractivity contribution in [3.05, 3.63) is 71.6 Å². The number of aromatic nitrogens is 3. The SMILES string of the molecule is O=C1NC(=O)C(c2cnc3ccccn23)=C1c1cn2c3c(cc(F)cc13)CN(C(O)N1CCC(F)(F)CC1)CC2. The molecule has 7 rings (SSSR count). The van der Waals surface area contributed by atoms with E-state index in [0.717, 1.165) is 0 Å². The number of amides is 2. The maximum Gasteiger partial charge on any atom is 0.261 e. The van der Waals surface area contributed by atoms with Gasteiger partial charge in [-0.25, -0.2) is 18.2 Å². The monoisotopic (exact) mass is 550 g/mol. The molecule has 0 saturated carbocycles. The van der Waals surface area contributed by atoms with E-state index < -0.39 is 29.9 Å². The summed E-state index contributed by atoms with van der Waals surface area (Å²) in [5.41, 5.74) is 3.05. The Labute approximate surface area is 226 Å². The lowest BCUT2D eigenvalue weighted by atomic mass is 9.98. The first-order valence-electron chi connectivity index (χ1n) is 13.1. The van der Waals surface area contributed by atoms with E-state index in [-0.39, 0.29) is 43.6 Å². The van der Waals surface area contributed by atoms with Crippen LogP contribution in [0.1, 0.15) is 29.7 Å². The number of rotatable bonds is 4. The van der Waals surface area contributed by atoms with Gasteiger partial charge in [-0.05, 0) is 29.8 Å². The average Bonchev–Trinajstić information content (AvgIpc) is 3.54. The van der Waals surface area contributed by atoms with Crippen LogP contribution >= 0.6 is 0 Å². The second kappa shape index (κ2) is 9.01. The van der Waals surface area contributed by atoms with Gasteiger partial charge in [0.15, 0.2) is 6.35 Å². The fourth-order valence-electron chi connectivity index (χ4n) is 6.10. The Morgan fingerprint density at radius 2 is 1.77 bits per heavy atom. The summed E-state index contributed by atoms with van der Waals surface area (Å²) in [5, 5.41) is 13.9. The van der Waals surface area contributed by atoms with Gasteiger partial charge < -0.3 is 9.67 Å². The molecule has 1 atom stereocenters. The lowest BCUT2D eigenvalue weighted by molar-refractivity contribution is -0.153. The molecule has 206 valence electrons. The molecule has 0 radical (unpaired) electrons. The summed E-state index contributed by atoms with van der Waals surface area (Å²) in [4.78, 5) is 33.9. The Hall–Kier alpha value is -4.00. The Bertz CT molecular complexity index is 1730. The number of alkyl halides is 2. The van der Waals surface area contributed by atoms with Crippen molar-refractivity contribution in [2.45, 2.75) is 38.2 Å². The largest absolute Gasteiger partial charge is 0.365 e. The van der Waals surface area contributed by atoms with E-state index in [4.69, 9.17) is 0 Å². The maximum absolute atomic E-state index is 15.1. The lowest BCUT2D eigenvalue weighted by Gasteiger charge is -2.39. The molecule has 6 heterocycles. The van der Waals surface area contributed by atoms with Crippen LogP contribution in [0.25, 0.3) is 27.7 Å². The first kappa shape index (κ1) is 25.0. The highest BCUT2D eigenvalue weighted by Crippen LogP contribution is 2.39. The quantitative estimate of drug-likeness (QED) is 0.380. The zero-order chi connectivity index (χ0) is 27.8. The van der Waals surface area contributed by atoms with Gasteiger partial charge in [0.2, 0.25) is 0 Å². The number of nitrogens with zero attached hydrogens (tertiary/aromatic N) is 5. The fourth-order valence-corrected chi connectivity index (χ4v) is 6.10. The number of imidazole rings is 1. The third-order valence-electron chi connectivity index (χ3n) is 8.07. The van der Waals surface area contributed by atoms with Gasteiger partial charge in [0, 0.05) is 68.9 Å². The van der Waals surface area contributed by atoms with Crippen LogP contribution in [0.3, 0.4) is 0 Å². The molecule has 1 aromatic carbocycles. The van der Waals surface area contributed by atoms with Crippen molar-refractivity contribution in [1.82, 2.24) is 29.1 Å². The van der Waals surface area contributed by atoms with Crippen LogP contribution in [-0.2, 0) is 22.7 Å². The highest BCUT2D eigenvalue weighted by molar-refractivity contribution is 6.49. The van der Waals surface area contributed by atoms with Crippen molar-refractivity contribution in [1.29, 1.82) is 0 Å². The summed E-state index contributed by atoms with van der Waals surface area (Å²) in [5.74, 6) is -4.40. The normalized spacial score (nSPS) is 20.9. The van der Waals surface area contributed by atoms with Gasteiger partial charge in [0.25, 0.3) is 17.7 Å². The summed E-state index contributed by atoms with van der Waals surface area (Å²) >= 11 is 0. The molecule has 4 aromatic rings. The number of pyridine rings is 1. The highest BCUT2D eigenvalue weighted by atomic mass is 19.3. The molecule has 3 aromatic heterocycles. The van der Waals surface area contributed by atoms with Crippen LogP contribution in [0, 0.1) is 5.82 Å². The van der Waals surface area contributed by atoms with Crippen molar-refractivity contribution < 1.29 is 27.9 Å². The molecular weight excluding hydrogens is 525 g/mol. The smallest absolute Gasteiger partial charge is 0.261 e. The van der Waals surface area contributed by atoms with Gasteiger partial charge in [-0.1, -0.05) is 6.07 Å². The molecule has 2 N–H and O–H groups in total. The summed E-state index contributed by atoms with van der Waals surface area (Å²) < 4.78 is 46.0. The van der Waals surface area contributed by atoms with Crippen LogP contribution in [0.15, 0.2) is 48.9 Å². The number of likely N-dealkylation sites (tertiary alicyclic amines) is 1. The predicted molar refractivity (Wildman–Crippen MR) is 139 cm³/mol. The van der Waals surface area contributed by atoms with Crippen molar-refractivity contribution >= 4 is 39.5 Å². The van der Waals surface area contributed by atoms with Gasteiger partial charge >= 0.3 is 0 Å². The fraction of sp³-hybridized carbons (Fsp3) is 0.321. The van der Waals surface area contributed by atoms with E-state index in [1.54, 1.807) is 38.7 Å². The molecule has 9 nitrogen and oxygen atoms in total. The zero-order valence-corrected chi connectivity index (χ0v) is 21.3. The number of nitrogens with one attached hydrogen (secondary N) is 1. The van der Waals surface area contributed by atoms with Crippen LogP contribution in [-0.4, -0.2) is 72.6 Å². The Morgan fingerprint density at radius 3 is 2.58 bits per heavy atom.